The molecular formula is C15H22ClNO2. The molecule has 1 aliphatic carbocycles. The molecular weight excluding hydrogens is 262 g/mol. The number of rotatable bonds is 5. The van der Waals surface area contributed by atoms with Crippen LogP contribution in [0.5, 0.6) is 11.5 Å². The fourth-order valence-corrected chi connectivity index (χ4v) is 2.93. The van der Waals surface area contributed by atoms with E-state index in [1.54, 1.807) is 14.2 Å². The summed E-state index contributed by atoms with van der Waals surface area (Å²) in [5, 5.41) is 4.23. The lowest BCUT2D eigenvalue weighted by molar-refractivity contribution is 0.353. The molecule has 1 saturated carbocycles. The van der Waals surface area contributed by atoms with E-state index >= 15 is 0 Å². The summed E-state index contributed by atoms with van der Waals surface area (Å²) in [5.41, 5.74) is 1.06. The lowest BCUT2D eigenvalue weighted by atomic mass is 9.95. The van der Waals surface area contributed by atoms with Gasteiger partial charge >= 0.3 is 0 Å². The third-order valence-corrected chi connectivity index (χ3v) is 4.17. The van der Waals surface area contributed by atoms with E-state index in [0.717, 1.165) is 12.1 Å². The molecule has 1 aromatic rings. The van der Waals surface area contributed by atoms with Crippen molar-refractivity contribution < 1.29 is 9.47 Å². The second kappa shape index (κ2) is 7.01. The van der Waals surface area contributed by atoms with E-state index in [1.807, 2.05) is 12.1 Å². The van der Waals surface area contributed by atoms with Gasteiger partial charge in [0.25, 0.3) is 0 Å². The minimum absolute atomic E-state index is 0.618. The first-order chi connectivity index (χ1) is 9.26. The number of ether oxygens (including phenoxy) is 2. The van der Waals surface area contributed by atoms with Crippen LogP contribution >= 0.6 is 11.6 Å². The second-order valence-corrected chi connectivity index (χ2v) is 5.37. The van der Waals surface area contributed by atoms with E-state index in [-0.39, 0.29) is 0 Å². The lowest BCUT2D eigenvalue weighted by Crippen LogP contribution is -2.30. The minimum Gasteiger partial charge on any atom is -0.493 e. The number of nitrogens with one attached hydrogen (secondary N) is 1. The minimum atomic E-state index is 0.618. The van der Waals surface area contributed by atoms with Crippen molar-refractivity contribution in [2.75, 3.05) is 14.2 Å². The molecule has 0 amide bonds. The molecule has 0 aliphatic heterocycles. The molecule has 0 unspecified atom stereocenters. The van der Waals surface area contributed by atoms with Gasteiger partial charge in [0.1, 0.15) is 0 Å². The van der Waals surface area contributed by atoms with E-state index in [2.05, 4.69) is 5.32 Å². The zero-order valence-corrected chi connectivity index (χ0v) is 12.4. The van der Waals surface area contributed by atoms with Crippen LogP contribution in [0.2, 0.25) is 5.02 Å². The van der Waals surface area contributed by atoms with Crippen molar-refractivity contribution in [3.05, 3.63) is 22.7 Å². The van der Waals surface area contributed by atoms with E-state index < -0.39 is 0 Å². The molecule has 0 radical (unpaired) electrons. The van der Waals surface area contributed by atoms with Crippen LogP contribution < -0.4 is 14.8 Å². The molecule has 1 aromatic carbocycles. The van der Waals surface area contributed by atoms with Crippen LogP contribution in [0.15, 0.2) is 12.1 Å². The second-order valence-electron chi connectivity index (χ2n) is 4.99. The molecule has 1 aliphatic rings. The van der Waals surface area contributed by atoms with Crippen molar-refractivity contribution in [1.29, 1.82) is 0 Å². The van der Waals surface area contributed by atoms with Crippen molar-refractivity contribution in [2.45, 2.75) is 44.7 Å². The SMILES string of the molecule is COc1ccc(CNC2CCCCC2)c(Cl)c1OC. The van der Waals surface area contributed by atoms with Gasteiger partial charge in [0.2, 0.25) is 0 Å². The molecule has 1 N–H and O–H groups in total. The van der Waals surface area contributed by atoms with E-state index in [1.165, 1.54) is 32.1 Å². The Morgan fingerprint density at radius 3 is 2.53 bits per heavy atom. The normalized spacial score (nSPS) is 16.4. The Bertz CT molecular complexity index is 417. The maximum absolute atomic E-state index is 6.37. The van der Waals surface area contributed by atoms with Crippen LogP contribution in [-0.4, -0.2) is 20.3 Å². The first-order valence-electron chi connectivity index (χ1n) is 6.89. The van der Waals surface area contributed by atoms with Gasteiger partial charge in [0.05, 0.1) is 19.2 Å². The monoisotopic (exact) mass is 283 g/mol. The van der Waals surface area contributed by atoms with Gasteiger partial charge in [0.15, 0.2) is 11.5 Å². The van der Waals surface area contributed by atoms with Gasteiger partial charge in [-0.1, -0.05) is 36.9 Å². The highest BCUT2D eigenvalue weighted by Gasteiger charge is 2.16. The summed E-state index contributed by atoms with van der Waals surface area (Å²) < 4.78 is 10.6. The number of hydrogen-bond donors (Lipinski definition) is 1. The Labute approximate surface area is 120 Å². The average Bonchev–Trinajstić information content (AvgIpc) is 2.46. The van der Waals surface area contributed by atoms with Gasteiger partial charge < -0.3 is 14.8 Å². The summed E-state index contributed by atoms with van der Waals surface area (Å²) in [4.78, 5) is 0. The average molecular weight is 284 g/mol. The first-order valence-corrected chi connectivity index (χ1v) is 7.26. The van der Waals surface area contributed by atoms with Crippen LogP contribution in [0.3, 0.4) is 0 Å². The molecule has 4 heteroatoms. The Morgan fingerprint density at radius 1 is 1.16 bits per heavy atom. The Morgan fingerprint density at radius 2 is 1.89 bits per heavy atom. The highest BCUT2D eigenvalue weighted by atomic mass is 35.5. The van der Waals surface area contributed by atoms with Crippen molar-refractivity contribution in [2.24, 2.45) is 0 Å². The number of hydrogen-bond acceptors (Lipinski definition) is 3. The maximum atomic E-state index is 6.37. The standard InChI is InChI=1S/C15H22ClNO2/c1-18-13-9-8-11(14(16)15(13)19-2)10-17-12-6-4-3-5-7-12/h8-9,12,17H,3-7,10H2,1-2H3. The highest BCUT2D eigenvalue weighted by Crippen LogP contribution is 2.37. The smallest absolute Gasteiger partial charge is 0.179 e. The fourth-order valence-electron chi connectivity index (χ4n) is 2.63. The van der Waals surface area contributed by atoms with Crippen molar-refractivity contribution in [1.82, 2.24) is 5.32 Å². The van der Waals surface area contributed by atoms with Gasteiger partial charge in [-0.2, -0.15) is 0 Å². The summed E-state index contributed by atoms with van der Waals surface area (Å²) in [7, 11) is 3.23. The third kappa shape index (κ3) is 3.54. The largest absolute Gasteiger partial charge is 0.493 e. The van der Waals surface area contributed by atoms with Crippen molar-refractivity contribution in [3.63, 3.8) is 0 Å². The van der Waals surface area contributed by atoms with Crippen LogP contribution in [0.25, 0.3) is 0 Å². The quantitative estimate of drug-likeness (QED) is 0.892. The summed E-state index contributed by atoms with van der Waals surface area (Å²) >= 11 is 6.37. The molecule has 0 saturated heterocycles. The summed E-state index contributed by atoms with van der Waals surface area (Å²) in [5.74, 6) is 1.29. The Hall–Kier alpha value is -0.930. The Balaban J connectivity index is 2.03. The van der Waals surface area contributed by atoms with Gasteiger partial charge in [-0.15, -0.1) is 0 Å². The molecule has 1 fully saturated rings. The molecule has 0 spiro atoms. The van der Waals surface area contributed by atoms with Crippen LogP contribution in [0, 0.1) is 0 Å². The van der Waals surface area contributed by atoms with E-state index in [4.69, 9.17) is 21.1 Å². The molecule has 0 bridgehead atoms. The van der Waals surface area contributed by atoms with Crippen molar-refractivity contribution in [3.8, 4) is 11.5 Å². The van der Waals surface area contributed by atoms with Gasteiger partial charge in [-0.25, -0.2) is 0 Å². The topological polar surface area (TPSA) is 30.5 Å². The maximum Gasteiger partial charge on any atom is 0.179 e. The molecule has 19 heavy (non-hydrogen) atoms. The molecule has 3 nitrogen and oxygen atoms in total. The molecule has 2 rings (SSSR count). The van der Waals surface area contributed by atoms with Gasteiger partial charge in [0, 0.05) is 12.6 Å². The van der Waals surface area contributed by atoms with Crippen LogP contribution in [-0.2, 0) is 6.54 Å². The lowest BCUT2D eigenvalue weighted by Gasteiger charge is -2.23. The summed E-state index contributed by atoms with van der Waals surface area (Å²) in [6.45, 7) is 0.782. The third-order valence-electron chi connectivity index (χ3n) is 3.75. The van der Waals surface area contributed by atoms with Gasteiger partial charge in [-0.3, -0.25) is 0 Å². The fraction of sp³-hybridized carbons (Fsp3) is 0.600. The van der Waals surface area contributed by atoms with E-state index in [0.29, 0.717) is 22.6 Å². The highest BCUT2D eigenvalue weighted by molar-refractivity contribution is 6.33. The van der Waals surface area contributed by atoms with Crippen LogP contribution in [0.1, 0.15) is 37.7 Å². The van der Waals surface area contributed by atoms with Gasteiger partial charge in [-0.05, 0) is 24.5 Å². The van der Waals surface area contributed by atoms with Crippen molar-refractivity contribution >= 4 is 11.6 Å². The molecule has 0 atom stereocenters. The number of benzene rings is 1. The van der Waals surface area contributed by atoms with Crippen LogP contribution in [0.4, 0.5) is 0 Å². The molecule has 0 aromatic heterocycles. The number of halogens is 1. The number of methoxy groups -OCH3 is 2. The zero-order chi connectivity index (χ0) is 13.7. The predicted molar refractivity (Wildman–Crippen MR) is 78.3 cm³/mol. The summed E-state index contributed by atoms with van der Waals surface area (Å²) in [6, 6.07) is 4.53. The molecule has 0 heterocycles. The van der Waals surface area contributed by atoms with E-state index in [9.17, 15) is 0 Å². The Kier molecular flexibility index (Phi) is 5.34. The predicted octanol–water partition coefficient (Wildman–Crippen LogP) is 3.78. The molecule has 106 valence electrons. The zero-order valence-electron chi connectivity index (χ0n) is 11.7. The summed E-state index contributed by atoms with van der Waals surface area (Å²) in [6.07, 6.45) is 6.57. The first kappa shape index (κ1) is 14.5.